The number of halogens is 4. The quantitative estimate of drug-likeness (QED) is 0.608. The second-order valence-electron chi connectivity index (χ2n) is 3.13. The Morgan fingerprint density at radius 2 is 1.93 bits per heavy atom. The van der Waals surface area contributed by atoms with Crippen molar-refractivity contribution in [1.29, 1.82) is 0 Å². The average molecular weight is 370 g/mol. The molecule has 2 rings (SSSR count). The van der Waals surface area contributed by atoms with Crippen LogP contribution in [0, 0.1) is 6.92 Å². The second-order valence-corrected chi connectivity index (χ2v) is 5.57. The van der Waals surface area contributed by atoms with E-state index in [1.807, 2.05) is 13.0 Å². The monoisotopic (exact) mass is 367 g/mol. The minimum Gasteiger partial charge on any atom is -0.253 e. The standard InChI is InChI=1S/C10H5Br2Cl2N/c1-4-2-5(11)10-7(9(4)14)8(12)6(13)3-15-10/h2-3H,1H3. The lowest BCUT2D eigenvalue weighted by Crippen LogP contribution is -1.87. The summed E-state index contributed by atoms with van der Waals surface area (Å²) in [5.41, 5.74) is 1.79. The third kappa shape index (κ3) is 1.91. The minimum absolute atomic E-state index is 0.557. The van der Waals surface area contributed by atoms with Crippen LogP contribution in [0.4, 0.5) is 0 Å². The molecule has 0 bridgehead atoms. The number of hydrogen-bond acceptors (Lipinski definition) is 1. The largest absolute Gasteiger partial charge is 0.253 e. The predicted molar refractivity (Wildman–Crippen MR) is 71.9 cm³/mol. The summed E-state index contributed by atoms with van der Waals surface area (Å²) in [5.74, 6) is 0. The Morgan fingerprint density at radius 3 is 2.60 bits per heavy atom. The van der Waals surface area contributed by atoms with E-state index in [0.717, 1.165) is 25.4 Å². The van der Waals surface area contributed by atoms with E-state index in [-0.39, 0.29) is 0 Å². The summed E-state index contributed by atoms with van der Waals surface area (Å²) in [5, 5.41) is 2.08. The highest BCUT2D eigenvalue weighted by Crippen LogP contribution is 2.39. The van der Waals surface area contributed by atoms with Gasteiger partial charge >= 0.3 is 0 Å². The molecule has 0 saturated heterocycles. The van der Waals surface area contributed by atoms with Crippen molar-refractivity contribution in [2.75, 3.05) is 0 Å². The molecule has 0 aliphatic rings. The Bertz CT molecular complexity index is 547. The Morgan fingerprint density at radius 1 is 1.27 bits per heavy atom. The first-order valence-electron chi connectivity index (χ1n) is 4.10. The summed E-state index contributed by atoms with van der Waals surface area (Å²) in [7, 11) is 0. The van der Waals surface area contributed by atoms with Crippen molar-refractivity contribution in [2.24, 2.45) is 0 Å². The summed E-state index contributed by atoms with van der Waals surface area (Å²) in [6, 6.07) is 1.94. The summed E-state index contributed by atoms with van der Waals surface area (Å²) >= 11 is 19.1. The summed E-state index contributed by atoms with van der Waals surface area (Å²) in [4.78, 5) is 4.25. The van der Waals surface area contributed by atoms with Gasteiger partial charge < -0.3 is 0 Å². The van der Waals surface area contributed by atoms with Crippen molar-refractivity contribution < 1.29 is 0 Å². The van der Waals surface area contributed by atoms with Crippen LogP contribution in [0.2, 0.25) is 10.0 Å². The molecular weight excluding hydrogens is 365 g/mol. The molecule has 0 fully saturated rings. The molecule has 0 saturated carbocycles. The Kier molecular flexibility index (Phi) is 3.27. The van der Waals surface area contributed by atoms with E-state index in [1.165, 1.54) is 0 Å². The molecule has 0 aliphatic carbocycles. The number of pyridine rings is 1. The Balaban J connectivity index is 3.04. The lowest BCUT2D eigenvalue weighted by atomic mass is 10.1. The number of fused-ring (bicyclic) bond motifs is 1. The third-order valence-electron chi connectivity index (χ3n) is 2.11. The van der Waals surface area contributed by atoms with Gasteiger partial charge in [-0.3, -0.25) is 4.98 Å². The lowest BCUT2D eigenvalue weighted by molar-refractivity contribution is 1.37. The maximum absolute atomic E-state index is 6.23. The second kappa shape index (κ2) is 4.21. The van der Waals surface area contributed by atoms with Gasteiger partial charge in [0, 0.05) is 20.5 Å². The van der Waals surface area contributed by atoms with Gasteiger partial charge in [-0.1, -0.05) is 23.2 Å². The topological polar surface area (TPSA) is 12.9 Å². The highest BCUT2D eigenvalue weighted by Gasteiger charge is 2.13. The van der Waals surface area contributed by atoms with Crippen LogP contribution in [0.3, 0.4) is 0 Å². The first kappa shape index (κ1) is 11.6. The van der Waals surface area contributed by atoms with Gasteiger partial charge in [-0.15, -0.1) is 0 Å². The van der Waals surface area contributed by atoms with Crippen LogP contribution in [0.5, 0.6) is 0 Å². The van der Waals surface area contributed by atoms with Crippen molar-refractivity contribution in [3.63, 3.8) is 0 Å². The van der Waals surface area contributed by atoms with E-state index >= 15 is 0 Å². The number of rotatable bonds is 0. The van der Waals surface area contributed by atoms with Gasteiger partial charge in [0.15, 0.2) is 0 Å². The van der Waals surface area contributed by atoms with Crippen molar-refractivity contribution in [1.82, 2.24) is 4.98 Å². The molecule has 5 heteroatoms. The van der Waals surface area contributed by atoms with Crippen molar-refractivity contribution >= 4 is 66.0 Å². The van der Waals surface area contributed by atoms with Gasteiger partial charge in [-0.25, -0.2) is 0 Å². The van der Waals surface area contributed by atoms with Gasteiger partial charge in [0.2, 0.25) is 0 Å². The van der Waals surface area contributed by atoms with Crippen LogP contribution in [0.15, 0.2) is 21.2 Å². The number of hydrogen-bond donors (Lipinski definition) is 0. The highest BCUT2D eigenvalue weighted by atomic mass is 79.9. The maximum Gasteiger partial charge on any atom is 0.0871 e. The van der Waals surface area contributed by atoms with E-state index in [0.29, 0.717) is 10.0 Å². The van der Waals surface area contributed by atoms with Gasteiger partial charge in [0.25, 0.3) is 0 Å². The van der Waals surface area contributed by atoms with Crippen LogP contribution in [-0.2, 0) is 0 Å². The molecule has 1 heterocycles. The normalized spacial score (nSPS) is 11.0. The number of aromatic nitrogens is 1. The number of aryl methyl sites for hydroxylation is 1. The molecule has 0 unspecified atom stereocenters. The zero-order valence-corrected chi connectivity index (χ0v) is 12.3. The van der Waals surface area contributed by atoms with E-state index < -0.39 is 0 Å². The molecule has 0 N–H and O–H groups in total. The third-order valence-corrected chi connectivity index (χ3v) is 4.54. The fourth-order valence-electron chi connectivity index (χ4n) is 1.37. The molecule has 1 aromatic carbocycles. The smallest absolute Gasteiger partial charge is 0.0871 e. The van der Waals surface area contributed by atoms with Crippen molar-refractivity contribution in [2.45, 2.75) is 6.92 Å². The van der Waals surface area contributed by atoms with Crippen LogP contribution >= 0.6 is 55.1 Å². The van der Waals surface area contributed by atoms with Crippen LogP contribution in [-0.4, -0.2) is 4.98 Å². The molecule has 15 heavy (non-hydrogen) atoms. The van der Waals surface area contributed by atoms with Gasteiger partial charge in [0.1, 0.15) is 0 Å². The zero-order chi connectivity index (χ0) is 11.2. The SMILES string of the molecule is Cc1cc(Br)c2ncc(Cl)c(Br)c2c1Cl. The van der Waals surface area contributed by atoms with Crippen molar-refractivity contribution in [3.8, 4) is 0 Å². The fraction of sp³-hybridized carbons (Fsp3) is 0.100. The summed E-state index contributed by atoms with van der Waals surface area (Å²) in [6.45, 7) is 1.94. The lowest BCUT2D eigenvalue weighted by Gasteiger charge is -2.08. The maximum atomic E-state index is 6.23. The fourth-order valence-corrected chi connectivity index (χ4v) is 2.99. The van der Waals surface area contributed by atoms with E-state index in [1.54, 1.807) is 6.20 Å². The molecule has 0 amide bonds. The van der Waals surface area contributed by atoms with E-state index in [4.69, 9.17) is 23.2 Å². The van der Waals surface area contributed by atoms with Crippen LogP contribution < -0.4 is 0 Å². The number of benzene rings is 1. The Hall–Kier alpha value is 0.170. The van der Waals surface area contributed by atoms with Gasteiger partial charge in [-0.05, 0) is 50.4 Å². The first-order valence-corrected chi connectivity index (χ1v) is 6.45. The predicted octanol–water partition coefficient (Wildman–Crippen LogP) is 5.38. The number of nitrogens with zero attached hydrogens (tertiary/aromatic N) is 1. The van der Waals surface area contributed by atoms with Gasteiger partial charge in [0.05, 0.1) is 15.6 Å². The summed E-state index contributed by atoms with van der Waals surface area (Å²) < 4.78 is 1.69. The van der Waals surface area contributed by atoms with Crippen molar-refractivity contribution in [3.05, 3.63) is 36.8 Å². The Labute approximate surface area is 114 Å². The molecule has 0 aliphatic heterocycles. The van der Waals surface area contributed by atoms with E-state index in [2.05, 4.69) is 36.8 Å². The molecule has 1 nitrogen and oxygen atoms in total. The zero-order valence-electron chi connectivity index (χ0n) is 7.61. The van der Waals surface area contributed by atoms with Gasteiger partial charge in [-0.2, -0.15) is 0 Å². The molecule has 2 aromatic rings. The molecule has 0 spiro atoms. The molecular formula is C10H5Br2Cl2N. The highest BCUT2D eigenvalue weighted by molar-refractivity contribution is 9.11. The average Bonchev–Trinajstić information content (AvgIpc) is 2.19. The molecule has 0 atom stereocenters. The first-order chi connectivity index (χ1) is 7.02. The van der Waals surface area contributed by atoms with Crippen LogP contribution in [0.1, 0.15) is 5.56 Å². The summed E-state index contributed by atoms with van der Waals surface area (Å²) in [6.07, 6.45) is 1.60. The van der Waals surface area contributed by atoms with Crippen LogP contribution in [0.25, 0.3) is 10.9 Å². The molecule has 78 valence electrons. The minimum atomic E-state index is 0.557. The molecule has 0 radical (unpaired) electrons. The van der Waals surface area contributed by atoms with E-state index in [9.17, 15) is 0 Å². The molecule has 1 aromatic heterocycles.